The first-order valence-corrected chi connectivity index (χ1v) is 6.77. The van der Waals surface area contributed by atoms with Crippen molar-refractivity contribution in [3.63, 3.8) is 0 Å². The lowest BCUT2D eigenvalue weighted by atomic mass is 9.99. The molecule has 0 spiro atoms. The number of nitrogens with two attached hydrogens (primary N) is 1. The number of nitrogen functional groups attached to an aromatic ring is 1. The van der Waals surface area contributed by atoms with Crippen molar-refractivity contribution in [1.82, 2.24) is 5.16 Å². The summed E-state index contributed by atoms with van der Waals surface area (Å²) < 4.78 is 19.1. The van der Waals surface area contributed by atoms with Crippen LogP contribution in [0.5, 0.6) is 0 Å². The Kier molecular flexibility index (Phi) is 2.22. The van der Waals surface area contributed by atoms with Gasteiger partial charge in [0.05, 0.1) is 11.3 Å². The molecule has 0 radical (unpaired) electrons. The number of nitrogens with zero attached hydrogens (tertiary/aromatic N) is 1. The predicted octanol–water partition coefficient (Wildman–Crippen LogP) is 3.58. The van der Waals surface area contributed by atoms with Gasteiger partial charge in [-0.15, -0.1) is 0 Å². The summed E-state index contributed by atoms with van der Waals surface area (Å²) in [6.45, 7) is 0. The molecule has 2 atom stereocenters. The first-order valence-electron chi connectivity index (χ1n) is 6.77. The van der Waals surface area contributed by atoms with Crippen molar-refractivity contribution in [3.05, 3.63) is 35.8 Å². The van der Waals surface area contributed by atoms with Crippen LogP contribution in [-0.2, 0) is 0 Å². The van der Waals surface area contributed by atoms with E-state index < -0.39 is 0 Å². The molecule has 2 N–H and O–H groups in total. The molecule has 2 aliphatic rings. The van der Waals surface area contributed by atoms with Gasteiger partial charge in [0.2, 0.25) is 5.88 Å². The van der Waals surface area contributed by atoms with Crippen molar-refractivity contribution in [2.75, 3.05) is 5.73 Å². The zero-order chi connectivity index (χ0) is 13.0. The average Bonchev–Trinajstić information content (AvgIpc) is 2.78. The van der Waals surface area contributed by atoms with Crippen molar-refractivity contribution in [2.24, 2.45) is 11.8 Å². The van der Waals surface area contributed by atoms with E-state index in [1.807, 2.05) is 6.07 Å². The van der Waals surface area contributed by atoms with Gasteiger partial charge in [-0.05, 0) is 30.7 Å². The van der Waals surface area contributed by atoms with Crippen LogP contribution in [0.25, 0.3) is 11.1 Å². The summed E-state index contributed by atoms with van der Waals surface area (Å²) >= 11 is 0. The van der Waals surface area contributed by atoms with E-state index in [4.69, 9.17) is 10.3 Å². The van der Waals surface area contributed by atoms with Crippen LogP contribution in [0.3, 0.4) is 0 Å². The molecule has 2 aliphatic carbocycles. The monoisotopic (exact) mass is 258 g/mol. The molecule has 0 amide bonds. The minimum absolute atomic E-state index is 0.227. The Morgan fingerprint density at radius 3 is 2.68 bits per heavy atom. The van der Waals surface area contributed by atoms with E-state index in [0.717, 1.165) is 5.69 Å². The Labute approximate surface area is 110 Å². The number of fused-ring (bicyclic) bond motifs is 1. The van der Waals surface area contributed by atoms with Gasteiger partial charge in [-0.3, -0.25) is 0 Å². The lowest BCUT2D eigenvalue weighted by Gasteiger charge is -2.05. The van der Waals surface area contributed by atoms with Crippen molar-refractivity contribution >= 4 is 5.88 Å². The van der Waals surface area contributed by atoms with Crippen LogP contribution in [0.15, 0.2) is 28.8 Å². The number of anilines is 1. The number of rotatable bonds is 2. The number of hydrogen-bond acceptors (Lipinski definition) is 3. The van der Waals surface area contributed by atoms with E-state index in [2.05, 4.69) is 5.16 Å². The standard InChI is InChI=1S/C15H15FN2O/c16-11-7-2-1-4-10(11)13-14(18-19-15(13)17)12-8-5-3-6-9(8)12/h1-2,4,7-9,12H,3,5-6,17H2. The molecular formula is C15H15FN2O. The lowest BCUT2D eigenvalue weighted by Crippen LogP contribution is -1.95. The zero-order valence-corrected chi connectivity index (χ0v) is 10.5. The zero-order valence-electron chi connectivity index (χ0n) is 10.5. The second kappa shape index (κ2) is 3.83. The molecule has 2 fully saturated rings. The Bertz CT molecular complexity index is 627. The summed E-state index contributed by atoms with van der Waals surface area (Å²) in [7, 11) is 0. The van der Waals surface area contributed by atoms with Crippen LogP contribution in [0.1, 0.15) is 30.9 Å². The molecule has 0 bridgehead atoms. The maximum Gasteiger partial charge on any atom is 0.230 e. The third-order valence-corrected chi connectivity index (χ3v) is 4.61. The molecule has 98 valence electrons. The lowest BCUT2D eigenvalue weighted by molar-refractivity contribution is 0.424. The van der Waals surface area contributed by atoms with Gasteiger partial charge in [0.15, 0.2) is 0 Å². The van der Waals surface area contributed by atoms with Gasteiger partial charge < -0.3 is 10.3 Å². The Hall–Kier alpha value is -1.84. The van der Waals surface area contributed by atoms with Gasteiger partial charge in [-0.1, -0.05) is 29.8 Å². The van der Waals surface area contributed by atoms with Crippen LogP contribution in [0.2, 0.25) is 0 Å². The van der Waals surface area contributed by atoms with Crippen molar-refractivity contribution in [2.45, 2.75) is 25.2 Å². The van der Waals surface area contributed by atoms with Crippen LogP contribution in [0.4, 0.5) is 10.3 Å². The van der Waals surface area contributed by atoms with Crippen molar-refractivity contribution in [1.29, 1.82) is 0 Å². The van der Waals surface area contributed by atoms with Gasteiger partial charge in [0.1, 0.15) is 5.82 Å². The molecule has 0 aliphatic heterocycles. The molecule has 19 heavy (non-hydrogen) atoms. The second-order valence-electron chi connectivity index (χ2n) is 5.57. The van der Waals surface area contributed by atoms with Crippen LogP contribution in [0, 0.1) is 17.7 Å². The fourth-order valence-corrected chi connectivity index (χ4v) is 3.71. The maximum atomic E-state index is 14.0. The normalized spacial score (nSPS) is 28.4. The van der Waals surface area contributed by atoms with E-state index in [9.17, 15) is 4.39 Å². The van der Waals surface area contributed by atoms with Gasteiger partial charge in [-0.25, -0.2) is 4.39 Å². The largest absolute Gasteiger partial charge is 0.367 e. The van der Waals surface area contributed by atoms with E-state index >= 15 is 0 Å². The van der Waals surface area contributed by atoms with Crippen LogP contribution in [-0.4, -0.2) is 5.16 Å². The number of benzene rings is 1. The van der Waals surface area contributed by atoms with Gasteiger partial charge >= 0.3 is 0 Å². The van der Waals surface area contributed by atoms with Gasteiger partial charge in [-0.2, -0.15) is 0 Å². The molecule has 1 aromatic carbocycles. The Morgan fingerprint density at radius 2 is 1.95 bits per heavy atom. The van der Waals surface area contributed by atoms with Gasteiger partial charge in [0, 0.05) is 11.5 Å². The summed E-state index contributed by atoms with van der Waals surface area (Å²) in [4.78, 5) is 0. The molecule has 0 saturated heterocycles. The summed E-state index contributed by atoms with van der Waals surface area (Å²) in [6, 6.07) is 6.66. The highest BCUT2D eigenvalue weighted by Gasteiger charge is 2.55. The third-order valence-electron chi connectivity index (χ3n) is 4.61. The molecular weight excluding hydrogens is 243 g/mol. The second-order valence-corrected chi connectivity index (χ2v) is 5.57. The van der Waals surface area contributed by atoms with Crippen molar-refractivity contribution < 1.29 is 8.91 Å². The molecule has 1 heterocycles. The van der Waals surface area contributed by atoms with Crippen LogP contribution < -0.4 is 5.73 Å². The van der Waals surface area contributed by atoms with Crippen molar-refractivity contribution in [3.8, 4) is 11.1 Å². The number of halogens is 1. The van der Waals surface area contributed by atoms with E-state index in [0.29, 0.717) is 28.9 Å². The Balaban J connectivity index is 1.80. The smallest absolute Gasteiger partial charge is 0.230 e. The fourth-order valence-electron chi connectivity index (χ4n) is 3.71. The van der Waals surface area contributed by atoms with E-state index in [-0.39, 0.29) is 11.7 Å². The molecule has 1 aromatic heterocycles. The maximum absolute atomic E-state index is 14.0. The topological polar surface area (TPSA) is 52.0 Å². The number of aromatic nitrogens is 1. The summed E-state index contributed by atoms with van der Waals surface area (Å²) in [5, 5.41) is 4.11. The molecule has 2 unspecified atom stereocenters. The molecule has 2 aromatic rings. The summed E-state index contributed by atoms with van der Waals surface area (Å²) in [6.07, 6.45) is 3.80. The van der Waals surface area contributed by atoms with E-state index in [1.165, 1.54) is 25.3 Å². The van der Waals surface area contributed by atoms with Gasteiger partial charge in [0.25, 0.3) is 0 Å². The average molecular weight is 258 g/mol. The fraction of sp³-hybridized carbons (Fsp3) is 0.400. The molecule has 4 rings (SSSR count). The van der Waals surface area contributed by atoms with E-state index in [1.54, 1.807) is 12.1 Å². The SMILES string of the molecule is Nc1onc(C2C3CCCC32)c1-c1ccccc1F. The highest BCUT2D eigenvalue weighted by Crippen LogP contribution is 2.64. The highest BCUT2D eigenvalue weighted by molar-refractivity contribution is 5.76. The van der Waals surface area contributed by atoms with Crippen LogP contribution >= 0.6 is 0 Å². The number of hydrogen-bond donors (Lipinski definition) is 1. The minimum atomic E-state index is -0.274. The summed E-state index contributed by atoms with van der Waals surface area (Å²) in [5.41, 5.74) is 7.89. The first kappa shape index (κ1) is 11.0. The predicted molar refractivity (Wildman–Crippen MR) is 69.9 cm³/mol. The minimum Gasteiger partial charge on any atom is -0.367 e. The highest BCUT2D eigenvalue weighted by atomic mass is 19.1. The quantitative estimate of drug-likeness (QED) is 0.895. The molecule has 2 saturated carbocycles. The molecule has 4 heteroatoms. The summed E-state index contributed by atoms with van der Waals surface area (Å²) in [5.74, 6) is 1.78. The third kappa shape index (κ3) is 1.52. The first-order chi connectivity index (χ1) is 9.27. The Morgan fingerprint density at radius 1 is 1.21 bits per heavy atom. The molecule has 3 nitrogen and oxygen atoms in total.